The number of alkyl halides is 3. The van der Waals surface area contributed by atoms with Gasteiger partial charge in [0.25, 0.3) is 0 Å². The first-order valence-corrected chi connectivity index (χ1v) is 8.22. The van der Waals surface area contributed by atoms with Gasteiger partial charge >= 0.3 is 6.18 Å². The highest BCUT2D eigenvalue weighted by Crippen LogP contribution is 2.19. The van der Waals surface area contributed by atoms with Gasteiger partial charge in [-0.05, 0) is 33.1 Å². The summed E-state index contributed by atoms with van der Waals surface area (Å²) in [5, 5.41) is 5.79. The lowest BCUT2D eigenvalue weighted by atomic mass is 10.0. The van der Waals surface area contributed by atoms with Gasteiger partial charge in [-0.15, -0.1) is 24.0 Å². The van der Waals surface area contributed by atoms with Gasteiger partial charge in [-0.1, -0.05) is 0 Å². The van der Waals surface area contributed by atoms with E-state index in [-0.39, 0.29) is 42.5 Å². The molecule has 0 spiro atoms. The summed E-state index contributed by atoms with van der Waals surface area (Å²) in [5.41, 5.74) is 0. The van der Waals surface area contributed by atoms with E-state index in [2.05, 4.69) is 15.6 Å². The molecule has 142 valence electrons. The van der Waals surface area contributed by atoms with Crippen LogP contribution >= 0.6 is 24.0 Å². The highest BCUT2D eigenvalue weighted by Gasteiger charge is 2.26. The summed E-state index contributed by atoms with van der Waals surface area (Å²) in [6.07, 6.45) is -1.63. The number of aliphatic imine (C=N–C) groups is 1. The van der Waals surface area contributed by atoms with Crippen molar-refractivity contribution in [3.05, 3.63) is 0 Å². The molecule has 1 fully saturated rings. The molecule has 1 rings (SSSR count). The quantitative estimate of drug-likeness (QED) is 0.361. The minimum Gasteiger partial charge on any atom is -0.357 e. The van der Waals surface area contributed by atoms with Gasteiger partial charge in [0, 0.05) is 32.1 Å². The monoisotopic (exact) mass is 464 g/mol. The maximum Gasteiger partial charge on any atom is 0.390 e. The van der Waals surface area contributed by atoms with Crippen molar-refractivity contribution in [1.29, 1.82) is 0 Å². The third-order valence-corrected chi connectivity index (χ3v) is 3.76. The topological polar surface area (TPSA) is 56.7 Å². The van der Waals surface area contributed by atoms with E-state index in [0.717, 1.165) is 25.8 Å². The summed E-state index contributed by atoms with van der Waals surface area (Å²) in [6, 6.07) is 0.268. The molecule has 9 heteroatoms. The van der Waals surface area contributed by atoms with Gasteiger partial charge in [0.05, 0.1) is 13.0 Å². The van der Waals surface area contributed by atoms with Crippen molar-refractivity contribution in [2.24, 2.45) is 4.99 Å². The van der Waals surface area contributed by atoms with E-state index in [4.69, 9.17) is 0 Å². The summed E-state index contributed by atoms with van der Waals surface area (Å²) < 4.78 is 36.4. The smallest absolute Gasteiger partial charge is 0.357 e. The van der Waals surface area contributed by atoms with E-state index in [1.54, 1.807) is 0 Å². The molecule has 1 heterocycles. The Morgan fingerprint density at radius 1 is 1.29 bits per heavy atom. The van der Waals surface area contributed by atoms with Crippen LogP contribution in [-0.4, -0.2) is 55.2 Å². The first kappa shape index (κ1) is 23.3. The van der Waals surface area contributed by atoms with Crippen LogP contribution in [-0.2, 0) is 4.79 Å². The minimum absolute atomic E-state index is 0. The SMILES string of the molecule is CCNC(=NCCC(F)(F)F)NCCC(=O)N1CCCCC1C.I. The molecule has 1 amide bonds. The van der Waals surface area contributed by atoms with Crippen LogP contribution in [0.1, 0.15) is 46.0 Å². The normalized spacial score (nSPS) is 18.8. The van der Waals surface area contributed by atoms with Crippen LogP contribution < -0.4 is 10.6 Å². The predicted octanol–water partition coefficient (Wildman–Crippen LogP) is 2.90. The highest BCUT2D eigenvalue weighted by molar-refractivity contribution is 14.0. The van der Waals surface area contributed by atoms with Gasteiger partial charge in [0.2, 0.25) is 5.91 Å². The molecular weight excluding hydrogens is 436 g/mol. The van der Waals surface area contributed by atoms with Crippen molar-refractivity contribution in [2.45, 2.75) is 58.2 Å². The van der Waals surface area contributed by atoms with E-state index in [1.807, 2.05) is 18.7 Å². The van der Waals surface area contributed by atoms with Crippen LogP contribution in [0.4, 0.5) is 13.2 Å². The number of rotatable bonds is 6. The summed E-state index contributed by atoms with van der Waals surface area (Å²) in [6.45, 7) is 5.26. The van der Waals surface area contributed by atoms with Gasteiger partial charge in [-0.2, -0.15) is 13.2 Å². The second-order valence-corrected chi connectivity index (χ2v) is 5.73. The van der Waals surface area contributed by atoms with Gasteiger partial charge in [-0.3, -0.25) is 9.79 Å². The Labute approximate surface area is 158 Å². The predicted molar refractivity (Wildman–Crippen MR) is 99.7 cm³/mol. The zero-order valence-electron chi connectivity index (χ0n) is 14.3. The van der Waals surface area contributed by atoms with Crippen molar-refractivity contribution in [2.75, 3.05) is 26.2 Å². The molecule has 2 N–H and O–H groups in total. The Morgan fingerprint density at radius 3 is 2.58 bits per heavy atom. The molecule has 0 aromatic rings. The fraction of sp³-hybridized carbons (Fsp3) is 0.867. The number of amides is 1. The largest absolute Gasteiger partial charge is 0.390 e. The lowest BCUT2D eigenvalue weighted by molar-refractivity contribution is -0.134. The van der Waals surface area contributed by atoms with Crippen molar-refractivity contribution in [3.63, 3.8) is 0 Å². The average Bonchev–Trinajstić information content (AvgIpc) is 2.46. The highest BCUT2D eigenvalue weighted by atomic mass is 127. The molecular formula is C15H28F3IN4O. The molecule has 0 saturated carbocycles. The molecule has 1 saturated heterocycles. The van der Waals surface area contributed by atoms with Crippen molar-refractivity contribution in [1.82, 2.24) is 15.5 Å². The number of nitrogens with one attached hydrogen (secondary N) is 2. The first-order chi connectivity index (χ1) is 10.8. The van der Waals surface area contributed by atoms with Gasteiger partial charge in [-0.25, -0.2) is 0 Å². The maximum atomic E-state index is 12.2. The fourth-order valence-electron chi connectivity index (χ4n) is 2.54. The maximum absolute atomic E-state index is 12.2. The van der Waals surface area contributed by atoms with Crippen LogP contribution in [0, 0.1) is 0 Å². The zero-order valence-corrected chi connectivity index (χ0v) is 16.6. The minimum atomic E-state index is -4.21. The van der Waals surface area contributed by atoms with Crippen LogP contribution in [0.25, 0.3) is 0 Å². The molecule has 5 nitrogen and oxygen atoms in total. The number of halogens is 4. The molecule has 1 unspecified atom stereocenters. The number of hydrogen-bond donors (Lipinski definition) is 2. The van der Waals surface area contributed by atoms with Crippen molar-refractivity contribution >= 4 is 35.8 Å². The van der Waals surface area contributed by atoms with Gasteiger partial charge in [0.15, 0.2) is 5.96 Å². The average molecular weight is 464 g/mol. The van der Waals surface area contributed by atoms with E-state index in [1.165, 1.54) is 0 Å². The second-order valence-electron chi connectivity index (χ2n) is 5.73. The molecule has 24 heavy (non-hydrogen) atoms. The Bertz CT molecular complexity index is 405. The van der Waals surface area contributed by atoms with E-state index in [0.29, 0.717) is 25.5 Å². The van der Waals surface area contributed by atoms with Crippen molar-refractivity contribution in [3.8, 4) is 0 Å². The molecule has 1 aliphatic rings. The Morgan fingerprint density at radius 2 is 2.00 bits per heavy atom. The number of carbonyl (C=O) groups is 1. The number of piperidine rings is 1. The molecule has 0 aromatic heterocycles. The number of likely N-dealkylation sites (tertiary alicyclic amines) is 1. The van der Waals surface area contributed by atoms with Crippen LogP contribution in [0.5, 0.6) is 0 Å². The van der Waals surface area contributed by atoms with Crippen LogP contribution in [0.3, 0.4) is 0 Å². The van der Waals surface area contributed by atoms with E-state index in [9.17, 15) is 18.0 Å². The lowest BCUT2D eigenvalue weighted by Crippen LogP contribution is -2.44. The van der Waals surface area contributed by atoms with Gasteiger partial charge < -0.3 is 15.5 Å². The Hall–Kier alpha value is -0.740. The van der Waals surface area contributed by atoms with Crippen LogP contribution in [0.2, 0.25) is 0 Å². The molecule has 0 aromatic carbocycles. The summed E-state index contributed by atoms with van der Waals surface area (Å²) in [7, 11) is 0. The molecule has 1 atom stereocenters. The standard InChI is InChI=1S/C15H27F3N4O.HI/c1-3-19-14(21-10-8-15(16,17)18)20-9-7-13(23)22-11-5-4-6-12(22)2;/h12H,3-11H2,1-2H3,(H2,19,20,21);1H. The van der Waals surface area contributed by atoms with Crippen LogP contribution in [0.15, 0.2) is 4.99 Å². The van der Waals surface area contributed by atoms with Gasteiger partial charge in [0.1, 0.15) is 0 Å². The Kier molecular flexibility index (Phi) is 11.4. The first-order valence-electron chi connectivity index (χ1n) is 8.22. The summed E-state index contributed by atoms with van der Waals surface area (Å²) >= 11 is 0. The lowest BCUT2D eigenvalue weighted by Gasteiger charge is -2.33. The number of carbonyl (C=O) groups excluding carboxylic acids is 1. The third-order valence-electron chi connectivity index (χ3n) is 3.76. The molecule has 1 aliphatic heterocycles. The number of nitrogens with zero attached hydrogens (tertiary/aromatic N) is 2. The Balaban J connectivity index is 0.00000529. The summed E-state index contributed by atoms with van der Waals surface area (Å²) in [5.74, 6) is 0.395. The molecule has 0 aliphatic carbocycles. The molecule has 0 bridgehead atoms. The number of hydrogen-bond acceptors (Lipinski definition) is 2. The zero-order chi connectivity index (χ0) is 17.3. The number of guanidine groups is 1. The van der Waals surface area contributed by atoms with Crippen molar-refractivity contribution < 1.29 is 18.0 Å². The third kappa shape index (κ3) is 9.53. The van der Waals surface area contributed by atoms with E-state index < -0.39 is 12.6 Å². The fourth-order valence-corrected chi connectivity index (χ4v) is 2.54. The second kappa shape index (κ2) is 11.8. The summed E-state index contributed by atoms with van der Waals surface area (Å²) in [4.78, 5) is 17.9. The molecule has 0 radical (unpaired) electrons. The van der Waals surface area contributed by atoms with E-state index >= 15 is 0 Å².